The summed E-state index contributed by atoms with van der Waals surface area (Å²) < 4.78 is 6.18. The van der Waals surface area contributed by atoms with Crippen molar-refractivity contribution in [1.29, 1.82) is 0 Å². The molecule has 0 amide bonds. The van der Waals surface area contributed by atoms with Gasteiger partial charge in [0.05, 0.1) is 5.56 Å². The molecule has 2 aliphatic rings. The van der Waals surface area contributed by atoms with Crippen molar-refractivity contribution in [2.24, 2.45) is 5.92 Å². The fraction of sp³-hybridized carbons (Fsp3) is 0.435. The molecule has 136 valence electrons. The largest absolute Gasteiger partial charge is 0.507 e. The van der Waals surface area contributed by atoms with Gasteiger partial charge in [0.15, 0.2) is 5.78 Å². The van der Waals surface area contributed by atoms with E-state index in [0.29, 0.717) is 11.3 Å². The molecule has 3 heteroatoms. The second-order valence-corrected chi connectivity index (χ2v) is 8.23. The van der Waals surface area contributed by atoms with Crippen LogP contribution in [0.15, 0.2) is 30.3 Å². The molecular weight excluding hydrogens is 324 g/mol. The van der Waals surface area contributed by atoms with E-state index in [1.807, 2.05) is 45.0 Å². The third kappa shape index (κ3) is 2.80. The molecule has 3 nitrogen and oxygen atoms in total. The van der Waals surface area contributed by atoms with E-state index < -0.39 is 5.60 Å². The molecule has 4 rings (SSSR count). The van der Waals surface area contributed by atoms with Crippen LogP contribution < -0.4 is 4.74 Å². The molecule has 2 aromatic carbocycles. The van der Waals surface area contributed by atoms with Gasteiger partial charge < -0.3 is 9.84 Å². The van der Waals surface area contributed by atoms with Crippen molar-refractivity contribution in [3.05, 3.63) is 47.0 Å². The second-order valence-electron chi connectivity index (χ2n) is 8.23. The van der Waals surface area contributed by atoms with Gasteiger partial charge in [0.1, 0.15) is 17.1 Å². The topological polar surface area (TPSA) is 46.5 Å². The zero-order chi connectivity index (χ0) is 18.5. The molecule has 1 aliphatic carbocycles. The summed E-state index contributed by atoms with van der Waals surface area (Å²) in [6, 6.07) is 9.59. The molecule has 1 fully saturated rings. The van der Waals surface area contributed by atoms with Crippen LogP contribution in [0.4, 0.5) is 0 Å². The number of hydrogen-bond donors (Lipinski definition) is 1. The molecule has 1 saturated carbocycles. The van der Waals surface area contributed by atoms with E-state index in [-0.39, 0.29) is 17.5 Å². The van der Waals surface area contributed by atoms with Crippen molar-refractivity contribution >= 4 is 5.78 Å². The van der Waals surface area contributed by atoms with Crippen LogP contribution in [-0.2, 0) is 5.60 Å². The lowest BCUT2D eigenvalue weighted by Gasteiger charge is -2.35. The van der Waals surface area contributed by atoms with E-state index in [4.69, 9.17) is 4.74 Å². The van der Waals surface area contributed by atoms with Gasteiger partial charge in [-0.05, 0) is 62.9 Å². The summed E-state index contributed by atoms with van der Waals surface area (Å²) in [5.74, 6) is 1.27. The smallest absolute Gasteiger partial charge is 0.165 e. The van der Waals surface area contributed by atoms with Crippen LogP contribution in [0.25, 0.3) is 11.1 Å². The zero-order valence-electron chi connectivity index (χ0n) is 15.8. The quantitative estimate of drug-likeness (QED) is 0.701. The number of rotatable bonds is 2. The normalized spacial score (nSPS) is 18.6. The van der Waals surface area contributed by atoms with Crippen LogP contribution in [-0.4, -0.2) is 10.9 Å². The number of aryl methyl sites for hydroxylation is 1. The number of ether oxygens (including phenoxy) is 1. The van der Waals surface area contributed by atoms with Crippen molar-refractivity contribution in [1.82, 2.24) is 0 Å². The van der Waals surface area contributed by atoms with Gasteiger partial charge in [0, 0.05) is 17.0 Å². The maximum absolute atomic E-state index is 13.0. The maximum Gasteiger partial charge on any atom is 0.165 e. The third-order valence-corrected chi connectivity index (χ3v) is 5.79. The van der Waals surface area contributed by atoms with Crippen LogP contribution in [0.2, 0.25) is 0 Å². The van der Waals surface area contributed by atoms with Crippen LogP contribution in [0.5, 0.6) is 11.5 Å². The van der Waals surface area contributed by atoms with E-state index in [2.05, 4.69) is 0 Å². The monoisotopic (exact) mass is 350 g/mol. The number of Topliss-reactive ketones (excluding diaryl/α,β-unsaturated/α-hetero) is 1. The number of carbonyl (C=O) groups excluding carboxylic acids is 1. The second kappa shape index (κ2) is 6.15. The van der Waals surface area contributed by atoms with Crippen molar-refractivity contribution in [3.63, 3.8) is 0 Å². The highest BCUT2D eigenvalue weighted by Gasteiger charge is 2.35. The average Bonchev–Trinajstić information content (AvgIpc) is 2.60. The molecular formula is C23H26O3. The highest BCUT2D eigenvalue weighted by molar-refractivity contribution is 6.00. The molecule has 26 heavy (non-hydrogen) atoms. The van der Waals surface area contributed by atoms with Crippen molar-refractivity contribution < 1.29 is 14.6 Å². The predicted octanol–water partition coefficient (Wildman–Crippen LogP) is 5.76. The van der Waals surface area contributed by atoms with Gasteiger partial charge in [-0.3, -0.25) is 4.79 Å². The first-order chi connectivity index (χ1) is 12.4. The summed E-state index contributed by atoms with van der Waals surface area (Å²) in [6.07, 6.45) is 5.51. The maximum atomic E-state index is 13.0. The Balaban J connectivity index is 1.83. The predicted molar refractivity (Wildman–Crippen MR) is 103 cm³/mol. The number of hydrogen-bond acceptors (Lipinski definition) is 3. The standard InChI is InChI=1S/C23H26O3/c1-14-11-19(24)21-17-13-16(22(25)15-7-5-4-6-8-15)9-10-18(17)23(2,3)26-20(21)12-14/h9-13,15,24H,4-8H2,1-3H3. The first kappa shape index (κ1) is 17.1. The molecule has 1 N–H and O–H groups in total. The van der Waals surface area contributed by atoms with E-state index in [1.165, 1.54) is 6.42 Å². The molecule has 1 aliphatic heterocycles. The minimum atomic E-state index is -0.505. The molecule has 2 aromatic rings. The molecule has 0 aromatic heterocycles. The molecule has 1 heterocycles. The third-order valence-electron chi connectivity index (χ3n) is 5.79. The Morgan fingerprint density at radius 3 is 2.58 bits per heavy atom. The van der Waals surface area contributed by atoms with Crippen LogP contribution >= 0.6 is 0 Å². The van der Waals surface area contributed by atoms with Gasteiger partial charge in [0.25, 0.3) is 0 Å². The Kier molecular flexibility index (Phi) is 4.06. The van der Waals surface area contributed by atoms with Crippen LogP contribution in [0.3, 0.4) is 0 Å². The van der Waals surface area contributed by atoms with E-state index in [0.717, 1.165) is 47.9 Å². The number of fused-ring (bicyclic) bond motifs is 3. The van der Waals surface area contributed by atoms with E-state index >= 15 is 0 Å². The van der Waals surface area contributed by atoms with Gasteiger partial charge in [-0.2, -0.15) is 0 Å². The van der Waals surface area contributed by atoms with Crippen LogP contribution in [0, 0.1) is 12.8 Å². The fourth-order valence-corrected chi connectivity index (χ4v) is 4.45. The Bertz CT molecular complexity index is 873. The number of aromatic hydroxyl groups is 1. The SMILES string of the molecule is Cc1cc(O)c2c(c1)OC(C)(C)c1ccc(C(=O)C3CCCCC3)cc1-2. The molecule has 0 radical (unpaired) electrons. The first-order valence-electron chi connectivity index (χ1n) is 9.58. The summed E-state index contributed by atoms with van der Waals surface area (Å²) >= 11 is 0. The Labute approximate surface area is 155 Å². The summed E-state index contributed by atoms with van der Waals surface area (Å²) in [6.45, 7) is 5.99. The Hall–Kier alpha value is -2.29. The first-order valence-corrected chi connectivity index (χ1v) is 9.58. The Morgan fingerprint density at radius 1 is 1.12 bits per heavy atom. The zero-order valence-corrected chi connectivity index (χ0v) is 15.8. The summed E-state index contributed by atoms with van der Waals surface area (Å²) in [7, 11) is 0. The molecule has 0 saturated heterocycles. The molecule has 0 unspecified atom stereocenters. The average molecular weight is 350 g/mol. The number of carbonyl (C=O) groups is 1. The highest BCUT2D eigenvalue weighted by atomic mass is 16.5. The van der Waals surface area contributed by atoms with Crippen LogP contribution in [0.1, 0.15) is 67.4 Å². The summed E-state index contributed by atoms with van der Waals surface area (Å²) in [5, 5.41) is 10.6. The fourth-order valence-electron chi connectivity index (χ4n) is 4.45. The lowest BCUT2D eigenvalue weighted by Crippen LogP contribution is -2.29. The minimum absolute atomic E-state index is 0.140. The van der Waals surface area contributed by atoms with Crippen molar-refractivity contribution in [2.45, 2.75) is 58.5 Å². The van der Waals surface area contributed by atoms with Gasteiger partial charge in [-0.15, -0.1) is 0 Å². The van der Waals surface area contributed by atoms with Gasteiger partial charge in [-0.1, -0.05) is 31.4 Å². The van der Waals surface area contributed by atoms with Crippen molar-refractivity contribution in [2.75, 3.05) is 0 Å². The van der Waals surface area contributed by atoms with Gasteiger partial charge in [-0.25, -0.2) is 0 Å². The highest BCUT2D eigenvalue weighted by Crippen LogP contribution is 2.49. The summed E-state index contributed by atoms with van der Waals surface area (Å²) in [4.78, 5) is 13.0. The number of benzene rings is 2. The number of ketones is 1. The number of phenolic OH excluding ortho intramolecular Hbond substituents is 1. The molecule has 0 atom stereocenters. The lowest BCUT2D eigenvalue weighted by atomic mass is 9.80. The van der Waals surface area contributed by atoms with Crippen molar-refractivity contribution in [3.8, 4) is 22.6 Å². The van der Waals surface area contributed by atoms with E-state index in [1.54, 1.807) is 6.07 Å². The van der Waals surface area contributed by atoms with E-state index in [9.17, 15) is 9.90 Å². The molecule has 0 spiro atoms. The minimum Gasteiger partial charge on any atom is -0.507 e. The summed E-state index contributed by atoms with van der Waals surface area (Å²) in [5.41, 5.74) is 3.81. The molecule has 0 bridgehead atoms. The van der Waals surface area contributed by atoms with Gasteiger partial charge in [0.2, 0.25) is 0 Å². The van der Waals surface area contributed by atoms with Gasteiger partial charge >= 0.3 is 0 Å². The number of phenols is 1. The Morgan fingerprint density at radius 2 is 1.85 bits per heavy atom. The lowest BCUT2D eigenvalue weighted by molar-refractivity contribution is 0.0887.